The summed E-state index contributed by atoms with van der Waals surface area (Å²) in [5, 5.41) is 7.71. The highest BCUT2D eigenvalue weighted by molar-refractivity contribution is 5.03. The van der Waals surface area contributed by atoms with Crippen molar-refractivity contribution in [1.29, 1.82) is 0 Å². The van der Waals surface area contributed by atoms with Crippen LogP contribution in [0.1, 0.15) is 25.3 Å². The maximum absolute atomic E-state index is 5.36. The largest absolute Gasteiger partial charge is 0.381 e. The van der Waals surface area contributed by atoms with Gasteiger partial charge in [-0.15, -0.1) is 0 Å². The minimum absolute atomic E-state index is 0.737. The Hall–Kier alpha value is -0.870. The quantitative estimate of drug-likeness (QED) is 0.820. The van der Waals surface area contributed by atoms with Crippen molar-refractivity contribution in [3.63, 3.8) is 0 Å². The fraction of sp³-hybridized carbons (Fsp3) is 0.750. The van der Waals surface area contributed by atoms with Gasteiger partial charge < -0.3 is 10.1 Å². The minimum atomic E-state index is 0.737. The summed E-state index contributed by atoms with van der Waals surface area (Å²) in [5.41, 5.74) is 1.27. The third-order valence-corrected chi connectivity index (χ3v) is 3.05. The summed E-state index contributed by atoms with van der Waals surface area (Å²) in [6, 6.07) is 0. The van der Waals surface area contributed by atoms with Crippen LogP contribution in [0.3, 0.4) is 0 Å². The second-order valence-corrected chi connectivity index (χ2v) is 4.41. The average Bonchev–Trinajstić information content (AvgIpc) is 2.75. The topological polar surface area (TPSA) is 39.1 Å². The molecule has 0 radical (unpaired) electrons. The third-order valence-electron chi connectivity index (χ3n) is 3.05. The van der Waals surface area contributed by atoms with Gasteiger partial charge in [-0.25, -0.2) is 0 Å². The van der Waals surface area contributed by atoms with E-state index >= 15 is 0 Å². The van der Waals surface area contributed by atoms with Gasteiger partial charge >= 0.3 is 0 Å². The van der Waals surface area contributed by atoms with E-state index in [0.29, 0.717) is 0 Å². The first-order valence-corrected chi connectivity index (χ1v) is 6.18. The van der Waals surface area contributed by atoms with Crippen LogP contribution in [0.4, 0.5) is 0 Å². The molecule has 1 fully saturated rings. The highest BCUT2D eigenvalue weighted by Crippen LogP contribution is 2.16. The van der Waals surface area contributed by atoms with Crippen LogP contribution in [-0.4, -0.2) is 29.5 Å². The summed E-state index contributed by atoms with van der Waals surface area (Å²) in [7, 11) is 0. The van der Waals surface area contributed by atoms with Crippen LogP contribution in [0.5, 0.6) is 0 Å². The summed E-state index contributed by atoms with van der Waals surface area (Å²) in [4.78, 5) is 0. The van der Waals surface area contributed by atoms with Crippen molar-refractivity contribution in [3.05, 3.63) is 18.0 Å². The molecule has 4 nitrogen and oxygen atoms in total. The lowest BCUT2D eigenvalue weighted by Crippen LogP contribution is -2.20. The summed E-state index contributed by atoms with van der Waals surface area (Å²) in [6.45, 7) is 6.91. The van der Waals surface area contributed by atoms with E-state index in [4.69, 9.17) is 4.74 Å². The van der Waals surface area contributed by atoms with E-state index in [1.54, 1.807) is 0 Å². The average molecular weight is 223 g/mol. The number of hydrogen-bond donors (Lipinski definition) is 1. The summed E-state index contributed by atoms with van der Waals surface area (Å²) >= 11 is 0. The molecule has 4 heteroatoms. The number of ether oxygens (including phenoxy) is 1. The van der Waals surface area contributed by atoms with E-state index < -0.39 is 0 Å². The molecule has 1 aliphatic rings. The van der Waals surface area contributed by atoms with Crippen molar-refractivity contribution < 1.29 is 4.74 Å². The Kier molecular flexibility index (Phi) is 4.36. The Morgan fingerprint density at radius 1 is 1.50 bits per heavy atom. The molecule has 0 spiro atoms. The van der Waals surface area contributed by atoms with Gasteiger partial charge in [0, 0.05) is 38.1 Å². The van der Waals surface area contributed by atoms with E-state index in [9.17, 15) is 0 Å². The second kappa shape index (κ2) is 6.01. The molecule has 90 valence electrons. The van der Waals surface area contributed by atoms with Crippen LogP contribution in [0, 0.1) is 5.92 Å². The Bertz CT molecular complexity index is 305. The summed E-state index contributed by atoms with van der Waals surface area (Å²) in [5.74, 6) is 0.737. The molecule has 2 rings (SSSR count). The first-order chi connectivity index (χ1) is 7.88. The van der Waals surface area contributed by atoms with Crippen LogP contribution in [0.2, 0.25) is 0 Å². The molecular formula is C12H21N3O. The lowest BCUT2D eigenvalue weighted by molar-refractivity contribution is 0.0601. The number of nitrogens with one attached hydrogen (secondary N) is 1. The molecule has 0 amide bonds. The molecular weight excluding hydrogens is 202 g/mol. The van der Waals surface area contributed by atoms with Crippen molar-refractivity contribution in [3.8, 4) is 0 Å². The fourth-order valence-corrected chi connectivity index (χ4v) is 2.06. The van der Waals surface area contributed by atoms with Gasteiger partial charge in [-0.2, -0.15) is 5.10 Å². The molecule has 1 aromatic rings. The lowest BCUT2D eigenvalue weighted by atomic mass is 10.0. The van der Waals surface area contributed by atoms with E-state index in [1.807, 2.05) is 6.20 Å². The SMILES string of the molecule is CCNCc1cnn(CC2CCOCC2)c1. The molecule has 1 aliphatic heterocycles. The second-order valence-electron chi connectivity index (χ2n) is 4.41. The molecule has 1 aromatic heterocycles. The third kappa shape index (κ3) is 3.32. The first kappa shape index (κ1) is 11.6. The maximum Gasteiger partial charge on any atom is 0.0534 e. The molecule has 0 saturated carbocycles. The van der Waals surface area contributed by atoms with Crippen molar-refractivity contribution in [2.45, 2.75) is 32.9 Å². The fourth-order valence-electron chi connectivity index (χ4n) is 2.06. The van der Waals surface area contributed by atoms with Gasteiger partial charge in [0.25, 0.3) is 0 Å². The number of rotatable bonds is 5. The van der Waals surface area contributed by atoms with Gasteiger partial charge in [0.1, 0.15) is 0 Å². The molecule has 0 atom stereocenters. The van der Waals surface area contributed by atoms with Crippen molar-refractivity contribution in [1.82, 2.24) is 15.1 Å². The van der Waals surface area contributed by atoms with E-state index in [1.165, 1.54) is 18.4 Å². The monoisotopic (exact) mass is 223 g/mol. The Morgan fingerprint density at radius 2 is 2.31 bits per heavy atom. The molecule has 16 heavy (non-hydrogen) atoms. The maximum atomic E-state index is 5.36. The summed E-state index contributed by atoms with van der Waals surface area (Å²) in [6.07, 6.45) is 6.45. The number of aromatic nitrogens is 2. The summed E-state index contributed by atoms with van der Waals surface area (Å²) < 4.78 is 7.43. The predicted molar refractivity (Wildman–Crippen MR) is 63.2 cm³/mol. The Balaban J connectivity index is 1.81. The Labute approximate surface area is 97.0 Å². The van der Waals surface area contributed by atoms with Gasteiger partial charge in [0.05, 0.1) is 6.20 Å². The Morgan fingerprint density at radius 3 is 3.06 bits per heavy atom. The standard InChI is InChI=1S/C12H21N3O/c1-2-13-7-12-8-14-15(10-12)9-11-3-5-16-6-4-11/h8,10-11,13H,2-7,9H2,1H3. The van der Waals surface area contributed by atoms with Crippen LogP contribution in [-0.2, 0) is 17.8 Å². The van der Waals surface area contributed by atoms with Crippen LogP contribution in [0.25, 0.3) is 0 Å². The minimum Gasteiger partial charge on any atom is -0.381 e. The highest BCUT2D eigenvalue weighted by Gasteiger charge is 2.14. The predicted octanol–water partition coefficient (Wildman–Crippen LogP) is 1.42. The highest BCUT2D eigenvalue weighted by atomic mass is 16.5. The van der Waals surface area contributed by atoms with Crippen molar-refractivity contribution >= 4 is 0 Å². The van der Waals surface area contributed by atoms with Crippen LogP contribution >= 0.6 is 0 Å². The normalized spacial score (nSPS) is 17.8. The van der Waals surface area contributed by atoms with Gasteiger partial charge in [-0.05, 0) is 25.3 Å². The van der Waals surface area contributed by atoms with Gasteiger partial charge in [0.15, 0.2) is 0 Å². The first-order valence-electron chi connectivity index (χ1n) is 6.18. The van der Waals surface area contributed by atoms with Crippen molar-refractivity contribution in [2.24, 2.45) is 5.92 Å². The molecule has 2 heterocycles. The van der Waals surface area contributed by atoms with Crippen LogP contribution < -0.4 is 5.32 Å². The number of hydrogen-bond acceptors (Lipinski definition) is 3. The number of nitrogens with zero attached hydrogens (tertiary/aromatic N) is 2. The molecule has 1 N–H and O–H groups in total. The van der Waals surface area contributed by atoms with E-state index in [-0.39, 0.29) is 0 Å². The molecule has 0 aromatic carbocycles. The van der Waals surface area contributed by atoms with Gasteiger partial charge in [0.2, 0.25) is 0 Å². The zero-order chi connectivity index (χ0) is 11.2. The zero-order valence-corrected chi connectivity index (χ0v) is 9.98. The van der Waals surface area contributed by atoms with E-state index in [2.05, 4.69) is 28.2 Å². The molecule has 0 aliphatic carbocycles. The zero-order valence-electron chi connectivity index (χ0n) is 9.98. The molecule has 0 bridgehead atoms. The van der Waals surface area contributed by atoms with Crippen LogP contribution in [0.15, 0.2) is 12.4 Å². The van der Waals surface area contributed by atoms with E-state index in [0.717, 1.165) is 38.8 Å². The molecule has 0 unspecified atom stereocenters. The van der Waals surface area contributed by atoms with Crippen molar-refractivity contribution in [2.75, 3.05) is 19.8 Å². The van der Waals surface area contributed by atoms with Gasteiger partial charge in [-0.3, -0.25) is 4.68 Å². The lowest BCUT2D eigenvalue weighted by Gasteiger charge is -2.21. The molecule has 1 saturated heterocycles. The smallest absolute Gasteiger partial charge is 0.0534 e. The van der Waals surface area contributed by atoms with Gasteiger partial charge in [-0.1, -0.05) is 6.92 Å².